The predicted molar refractivity (Wildman–Crippen MR) is 142 cm³/mol. The monoisotopic (exact) mass is 501 g/mol. The molecule has 1 amide bonds. The van der Waals surface area contributed by atoms with Gasteiger partial charge >= 0.3 is 6.18 Å². The molecule has 0 saturated heterocycles. The van der Waals surface area contributed by atoms with E-state index in [1.807, 2.05) is 57.2 Å². The first-order valence-corrected chi connectivity index (χ1v) is 12.6. The Morgan fingerprint density at radius 1 is 1.28 bits per heavy atom. The average molecular weight is 502 g/mol. The van der Waals surface area contributed by atoms with Crippen molar-refractivity contribution < 1.29 is 22.7 Å². The third-order valence-electron chi connectivity index (χ3n) is 6.30. The van der Waals surface area contributed by atoms with Crippen LogP contribution in [0.3, 0.4) is 0 Å². The van der Waals surface area contributed by atoms with Gasteiger partial charge in [-0.2, -0.15) is 13.2 Å². The quantitative estimate of drug-likeness (QED) is 0.188. The van der Waals surface area contributed by atoms with E-state index in [1.54, 1.807) is 18.4 Å². The number of halogens is 3. The summed E-state index contributed by atoms with van der Waals surface area (Å²) in [6.07, 6.45) is 9.74. The normalized spacial score (nSPS) is 17.8. The predicted octanol–water partition coefficient (Wildman–Crippen LogP) is 8.44. The summed E-state index contributed by atoms with van der Waals surface area (Å²) in [6.45, 7) is 11.7. The van der Waals surface area contributed by atoms with Crippen molar-refractivity contribution in [3.63, 3.8) is 0 Å². The lowest BCUT2D eigenvalue weighted by molar-refractivity contribution is -0.175. The number of unbranched alkanes of at least 4 members (excludes halogenated alkanes) is 1. The van der Waals surface area contributed by atoms with E-state index in [0.717, 1.165) is 41.5 Å². The summed E-state index contributed by atoms with van der Waals surface area (Å²) in [5.74, 6) is -1.10. The average Bonchev–Trinajstić information content (AvgIpc) is 2.84. The second-order valence-electron chi connectivity index (χ2n) is 9.11. The molecular weight excluding hydrogens is 463 g/mol. The van der Waals surface area contributed by atoms with Gasteiger partial charge in [0.1, 0.15) is 5.76 Å². The SMILES string of the molecule is C=C(O/C=C\CCC)C(C)NC(=O)C(/C=C/CC)=C/c1cccc(C2=CCC(C(F)(F)F)CC2)c1C. The van der Waals surface area contributed by atoms with Crippen molar-refractivity contribution in [2.75, 3.05) is 0 Å². The van der Waals surface area contributed by atoms with Crippen molar-refractivity contribution in [2.24, 2.45) is 5.92 Å². The van der Waals surface area contributed by atoms with Crippen LogP contribution in [0.2, 0.25) is 0 Å². The maximum atomic E-state index is 13.1. The van der Waals surface area contributed by atoms with Crippen molar-refractivity contribution in [1.82, 2.24) is 5.32 Å². The van der Waals surface area contributed by atoms with Crippen LogP contribution in [0.1, 0.15) is 76.0 Å². The third kappa shape index (κ3) is 8.58. The molecule has 0 bridgehead atoms. The fourth-order valence-electron chi connectivity index (χ4n) is 3.97. The van der Waals surface area contributed by atoms with Gasteiger partial charge in [-0.05, 0) is 80.4 Å². The van der Waals surface area contributed by atoms with Crippen molar-refractivity contribution in [1.29, 1.82) is 0 Å². The van der Waals surface area contributed by atoms with Crippen LogP contribution in [-0.2, 0) is 9.53 Å². The Hall–Kier alpha value is -3.02. The summed E-state index contributed by atoms with van der Waals surface area (Å²) in [4.78, 5) is 13.1. The molecule has 1 aliphatic rings. The maximum absolute atomic E-state index is 13.1. The van der Waals surface area contributed by atoms with Crippen molar-refractivity contribution in [3.05, 3.63) is 83.4 Å². The molecule has 0 aliphatic heterocycles. The molecule has 0 fully saturated rings. The first-order valence-electron chi connectivity index (χ1n) is 12.6. The lowest BCUT2D eigenvalue weighted by Crippen LogP contribution is -2.34. The largest absolute Gasteiger partial charge is 0.468 e. The van der Waals surface area contributed by atoms with Crippen LogP contribution in [0.5, 0.6) is 0 Å². The molecule has 0 spiro atoms. The Kier molecular flexibility index (Phi) is 11.3. The van der Waals surface area contributed by atoms with Crippen LogP contribution in [0.15, 0.2) is 66.7 Å². The molecule has 1 N–H and O–H groups in total. The number of amides is 1. The second-order valence-corrected chi connectivity index (χ2v) is 9.11. The van der Waals surface area contributed by atoms with Gasteiger partial charge < -0.3 is 10.1 Å². The number of hydrogen-bond acceptors (Lipinski definition) is 2. The summed E-state index contributed by atoms with van der Waals surface area (Å²) in [5, 5.41) is 2.93. The molecule has 2 atom stereocenters. The minimum Gasteiger partial charge on any atom is -0.468 e. The van der Waals surface area contributed by atoms with Gasteiger partial charge in [0.2, 0.25) is 0 Å². The van der Waals surface area contributed by atoms with Crippen molar-refractivity contribution in [2.45, 2.75) is 78.4 Å². The fourth-order valence-corrected chi connectivity index (χ4v) is 3.97. The molecular formula is C30H38F3NO2. The molecule has 0 radical (unpaired) electrons. The number of ether oxygens (including phenoxy) is 1. The zero-order valence-electron chi connectivity index (χ0n) is 21.8. The molecule has 0 aromatic heterocycles. The van der Waals surface area contributed by atoms with E-state index in [9.17, 15) is 18.0 Å². The highest BCUT2D eigenvalue weighted by Gasteiger charge is 2.39. The molecule has 6 heteroatoms. The lowest BCUT2D eigenvalue weighted by atomic mass is 9.84. The topological polar surface area (TPSA) is 38.3 Å². The van der Waals surface area contributed by atoms with Crippen LogP contribution in [-0.4, -0.2) is 18.1 Å². The first-order chi connectivity index (χ1) is 17.1. The number of allylic oxidation sites excluding steroid dienone is 4. The zero-order chi connectivity index (χ0) is 26.7. The van der Waals surface area contributed by atoms with Gasteiger partial charge in [-0.1, -0.05) is 63.3 Å². The number of nitrogens with one attached hydrogen (secondary N) is 1. The fraction of sp³-hybridized carbons (Fsp3) is 0.433. The van der Waals surface area contributed by atoms with Crippen LogP contribution >= 0.6 is 0 Å². The molecule has 1 aromatic carbocycles. The first kappa shape index (κ1) is 29.2. The Morgan fingerprint density at radius 2 is 2.03 bits per heavy atom. The highest BCUT2D eigenvalue weighted by Crippen LogP contribution is 2.40. The standard InChI is InChI=1S/C30H38F3NO2/c1-6-8-10-19-36-23(5)22(4)34-29(35)26(12-9-7-2)20-25-13-11-14-28(21(25)3)24-15-17-27(18-16-24)30(31,32)33/h9-15,19-20,22,27H,5-8,16-18H2,1-4H3,(H,34,35)/b12-9+,19-10-,26-20+. The number of alkyl halides is 3. The number of carbonyl (C=O) groups is 1. The molecule has 3 nitrogen and oxygen atoms in total. The Morgan fingerprint density at radius 3 is 2.64 bits per heavy atom. The van der Waals surface area contributed by atoms with Gasteiger partial charge in [0.05, 0.1) is 18.2 Å². The van der Waals surface area contributed by atoms with E-state index < -0.39 is 18.1 Å². The summed E-state index contributed by atoms with van der Waals surface area (Å²) < 4.78 is 44.7. The Labute approximate surface area is 213 Å². The maximum Gasteiger partial charge on any atom is 0.392 e. The van der Waals surface area contributed by atoms with Crippen LogP contribution < -0.4 is 5.32 Å². The Bertz CT molecular complexity index is 1030. The smallest absolute Gasteiger partial charge is 0.392 e. The molecule has 2 rings (SSSR count). The van der Waals surface area contributed by atoms with E-state index in [1.165, 1.54) is 0 Å². The van der Waals surface area contributed by atoms with E-state index in [2.05, 4.69) is 18.8 Å². The van der Waals surface area contributed by atoms with Gasteiger partial charge in [-0.25, -0.2) is 0 Å². The molecule has 1 aromatic rings. The summed E-state index contributed by atoms with van der Waals surface area (Å²) in [6, 6.07) is 5.33. The van der Waals surface area contributed by atoms with E-state index >= 15 is 0 Å². The number of hydrogen-bond donors (Lipinski definition) is 1. The minimum atomic E-state index is -4.16. The van der Waals surface area contributed by atoms with Gasteiger partial charge in [-0.15, -0.1) is 0 Å². The van der Waals surface area contributed by atoms with Crippen LogP contribution in [0.25, 0.3) is 11.6 Å². The summed E-state index contributed by atoms with van der Waals surface area (Å²) >= 11 is 0. The van der Waals surface area contributed by atoms with E-state index in [-0.39, 0.29) is 18.7 Å². The molecule has 0 saturated carbocycles. The minimum absolute atomic E-state index is 0.00269. The number of carbonyl (C=O) groups excluding carboxylic acids is 1. The third-order valence-corrected chi connectivity index (χ3v) is 6.30. The van der Waals surface area contributed by atoms with Crippen molar-refractivity contribution >= 4 is 17.6 Å². The molecule has 36 heavy (non-hydrogen) atoms. The van der Waals surface area contributed by atoms with Crippen molar-refractivity contribution in [3.8, 4) is 0 Å². The van der Waals surface area contributed by atoms with Crippen LogP contribution in [0.4, 0.5) is 13.2 Å². The zero-order valence-corrected chi connectivity index (χ0v) is 21.8. The molecule has 2 unspecified atom stereocenters. The number of rotatable bonds is 11. The summed E-state index contributed by atoms with van der Waals surface area (Å²) in [7, 11) is 0. The molecule has 1 aliphatic carbocycles. The highest BCUT2D eigenvalue weighted by molar-refractivity contribution is 6.01. The lowest BCUT2D eigenvalue weighted by Gasteiger charge is -2.25. The summed E-state index contributed by atoms with van der Waals surface area (Å²) in [5.41, 5.74) is 4.12. The molecule has 0 heterocycles. The van der Waals surface area contributed by atoms with Gasteiger partial charge in [-0.3, -0.25) is 4.79 Å². The highest BCUT2D eigenvalue weighted by atomic mass is 19.4. The van der Waals surface area contributed by atoms with E-state index in [4.69, 9.17) is 4.74 Å². The van der Waals surface area contributed by atoms with Gasteiger partial charge in [0, 0.05) is 5.57 Å². The van der Waals surface area contributed by atoms with Gasteiger partial charge in [0.25, 0.3) is 5.91 Å². The van der Waals surface area contributed by atoms with Crippen LogP contribution in [0, 0.1) is 12.8 Å². The Balaban J connectivity index is 2.25. The van der Waals surface area contributed by atoms with Gasteiger partial charge in [0.15, 0.2) is 0 Å². The van der Waals surface area contributed by atoms with E-state index in [0.29, 0.717) is 17.8 Å². The second kappa shape index (κ2) is 13.9. The molecule has 196 valence electrons. The number of benzene rings is 1.